The zero-order chi connectivity index (χ0) is 15.5. The number of alkyl halides is 1. The lowest BCUT2D eigenvalue weighted by Gasteiger charge is -2.35. The molecule has 3 rings (SSSR count). The van der Waals surface area contributed by atoms with Crippen LogP contribution < -0.4 is 0 Å². The Labute approximate surface area is 134 Å². The summed E-state index contributed by atoms with van der Waals surface area (Å²) in [5.74, 6) is 0.218. The smallest absolute Gasteiger partial charge is 0.268 e. The molecular weight excluding hydrogens is 360 g/mol. The molecule has 0 aromatic rings. The maximum atomic E-state index is 12.3. The average Bonchev–Trinajstić information content (AvgIpc) is 3.09. The molecule has 1 heterocycles. The van der Waals surface area contributed by atoms with Crippen molar-refractivity contribution in [3.63, 3.8) is 0 Å². The van der Waals surface area contributed by atoms with Crippen LogP contribution in [0.25, 0.3) is 0 Å². The molecule has 120 valence electrons. The normalized spacial score (nSPS) is 40.7. The summed E-state index contributed by atoms with van der Waals surface area (Å²) in [7, 11) is -3.72. The lowest BCUT2D eigenvalue weighted by Crippen LogP contribution is -2.42. The van der Waals surface area contributed by atoms with Crippen molar-refractivity contribution in [2.24, 2.45) is 16.7 Å². The van der Waals surface area contributed by atoms with Gasteiger partial charge >= 0.3 is 0 Å². The highest BCUT2D eigenvalue weighted by atomic mass is 79.9. The van der Waals surface area contributed by atoms with Gasteiger partial charge in [-0.2, -0.15) is 8.42 Å². The van der Waals surface area contributed by atoms with E-state index >= 15 is 0 Å². The van der Waals surface area contributed by atoms with Crippen molar-refractivity contribution in [1.29, 1.82) is 0 Å². The van der Waals surface area contributed by atoms with Gasteiger partial charge in [0.2, 0.25) is 0 Å². The Kier molecular flexibility index (Phi) is 3.79. The molecule has 0 aromatic heterocycles. The summed E-state index contributed by atoms with van der Waals surface area (Å²) in [6, 6.07) is 0. The molecule has 1 saturated heterocycles. The van der Waals surface area contributed by atoms with E-state index in [-0.39, 0.29) is 35.8 Å². The third kappa shape index (κ3) is 2.50. The van der Waals surface area contributed by atoms with E-state index in [1.165, 1.54) is 0 Å². The van der Waals surface area contributed by atoms with Gasteiger partial charge in [0.05, 0.1) is 23.9 Å². The minimum atomic E-state index is -3.72. The van der Waals surface area contributed by atoms with Crippen LogP contribution in [-0.4, -0.2) is 44.1 Å². The van der Waals surface area contributed by atoms with Gasteiger partial charge in [0, 0.05) is 11.8 Å². The fourth-order valence-electron chi connectivity index (χ4n) is 4.08. The minimum Gasteiger partial charge on any atom is -0.366 e. The van der Waals surface area contributed by atoms with Crippen molar-refractivity contribution >= 4 is 31.8 Å². The molecular formula is C14H21BrO5S. The van der Waals surface area contributed by atoms with Crippen molar-refractivity contribution in [3.8, 4) is 0 Å². The zero-order valence-corrected chi connectivity index (χ0v) is 14.7. The predicted molar refractivity (Wildman–Crippen MR) is 80.8 cm³/mol. The van der Waals surface area contributed by atoms with E-state index < -0.39 is 15.5 Å². The van der Waals surface area contributed by atoms with Gasteiger partial charge in [-0.15, -0.1) is 0 Å². The molecule has 2 aliphatic carbocycles. The summed E-state index contributed by atoms with van der Waals surface area (Å²) in [5.41, 5.74) is -1.01. The average molecular weight is 381 g/mol. The van der Waals surface area contributed by atoms with Crippen LogP contribution >= 0.6 is 15.9 Å². The standard InChI is InChI=1S/C14H21BrO5S/c1-13(2)9-3-4-14(13,12(16)5-9)8-21(17,18)19-7-11-10(6-15)20-11/h9-11H,3-8H2,1-2H3/t9?,10-,11+,14?/m1/s1. The van der Waals surface area contributed by atoms with E-state index in [0.29, 0.717) is 24.1 Å². The maximum absolute atomic E-state index is 12.3. The summed E-state index contributed by atoms with van der Waals surface area (Å²) >= 11 is 3.28. The van der Waals surface area contributed by atoms with Crippen LogP contribution in [0.2, 0.25) is 0 Å². The number of carbonyl (C=O) groups excluding carboxylic acids is 1. The fraction of sp³-hybridized carbons (Fsp3) is 0.929. The SMILES string of the molecule is CC1(C)C2CCC1(CS(=O)(=O)OC[C@@H]1O[C@@H]1CBr)C(=O)C2. The molecule has 4 atom stereocenters. The van der Waals surface area contributed by atoms with Gasteiger partial charge in [0.25, 0.3) is 10.1 Å². The van der Waals surface area contributed by atoms with Crippen LogP contribution in [0.4, 0.5) is 0 Å². The second-order valence-electron chi connectivity index (χ2n) is 7.02. The summed E-state index contributed by atoms with van der Waals surface area (Å²) in [4.78, 5) is 12.3. The number of ether oxygens (including phenoxy) is 1. The summed E-state index contributed by atoms with van der Waals surface area (Å²) in [6.45, 7) is 4.10. The molecule has 2 saturated carbocycles. The van der Waals surface area contributed by atoms with Crippen LogP contribution in [0.15, 0.2) is 0 Å². The molecule has 3 aliphatic rings. The van der Waals surface area contributed by atoms with E-state index in [4.69, 9.17) is 8.92 Å². The van der Waals surface area contributed by atoms with E-state index in [1.54, 1.807) is 0 Å². The number of epoxide rings is 1. The van der Waals surface area contributed by atoms with Crippen molar-refractivity contribution < 1.29 is 22.1 Å². The number of hydrogen-bond donors (Lipinski definition) is 0. The molecule has 0 amide bonds. The minimum absolute atomic E-state index is 0.0405. The van der Waals surface area contributed by atoms with E-state index in [9.17, 15) is 13.2 Å². The van der Waals surface area contributed by atoms with Crippen molar-refractivity contribution in [1.82, 2.24) is 0 Å². The fourth-order valence-corrected chi connectivity index (χ4v) is 6.36. The third-order valence-electron chi connectivity index (χ3n) is 5.81. The molecule has 0 aromatic carbocycles. The number of rotatable bonds is 6. The lowest BCUT2D eigenvalue weighted by atomic mass is 9.70. The van der Waals surface area contributed by atoms with Crippen LogP contribution in [0, 0.1) is 16.7 Å². The van der Waals surface area contributed by atoms with Gasteiger partial charge in [-0.1, -0.05) is 29.8 Å². The molecule has 2 bridgehead atoms. The maximum Gasteiger partial charge on any atom is 0.268 e. The highest BCUT2D eigenvalue weighted by Gasteiger charge is 2.65. The van der Waals surface area contributed by atoms with Crippen LogP contribution in [-0.2, 0) is 23.8 Å². The second kappa shape index (κ2) is 5.01. The van der Waals surface area contributed by atoms with Crippen LogP contribution in [0.1, 0.15) is 33.1 Å². The van der Waals surface area contributed by atoms with Gasteiger partial charge < -0.3 is 4.74 Å². The van der Waals surface area contributed by atoms with E-state index in [1.807, 2.05) is 13.8 Å². The Morgan fingerprint density at radius 1 is 1.38 bits per heavy atom. The number of halogens is 1. The molecule has 5 nitrogen and oxygen atoms in total. The summed E-state index contributed by atoms with van der Waals surface area (Å²) < 4.78 is 34.9. The van der Waals surface area contributed by atoms with E-state index in [2.05, 4.69) is 15.9 Å². The first-order chi connectivity index (χ1) is 9.72. The number of carbonyl (C=O) groups is 1. The second-order valence-corrected chi connectivity index (χ2v) is 9.31. The molecule has 1 aliphatic heterocycles. The number of Topliss-reactive ketones (excluding diaryl/α,β-unsaturated/α-hetero) is 1. The molecule has 21 heavy (non-hydrogen) atoms. The Balaban J connectivity index is 1.68. The lowest BCUT2D eigenvalue weighted by molar-refractivity contribution is -0.128. The first kappa shape index (κ1) is 15.9. The van der Waals surface area contributed by atoms with Crippen LogP contribution in [0.5, 0.6) is 0 Å². The Bertz CT molecular complexity index is 558. The molecule has 3 fully saturated rings. The van der Waals surface area contributed by atoms with Crippen LogP contribution in [0.3, 0.4) is 0 Å². The molecule has 0 radical (unpaired) electrons. The molecule has 0 N–H and O–H groups in total. The molecule has 7 heteroatoms. The quantitative estimate of drug-likeness (QED) is 0.399. The highest BCUT2D eigenvalue weighted by molar-refractivity contribution is 9.09. The Hall–Kier alpha value is 0.0200. The topological polar surface area (TPSA) is 73.0 Å². The number of ketones is 1. The van der Waals surface area contributed by atoms with Gasteiger partial charge in [-0.05, 0) is 24.2 Å². The van der Waals surface area contributed by atoms with Gasteiger partial charge in [0.15, 0.2) is 0 Å². The zero-order valence-electron chi connectivity index (χ0n) is 12.3. The number of hydrogen-bond acceptors (Lipinski definition) is 5. The van der Waals surface area contributed by atoms with Crippen molar-refractivity contribution in [2.45, 2.75) is 45.3 Å². The Morgan fingerprint density at radius 2 is 2.10 bits per heavy atom. The van der Waals surface area contributed by atoms with Crippen molar-refractivity contribution in [3.05, 3.63) is 0 Å². The number of fused-ring (bicyclic) bond motifs is 2. The Morgan fingerprint density at radius 3 is 2.57 bits per heavy atom. The molecule has 0 spiro atoms. The first-order valence-electron chi connectivity index (χ1n) is 7.34. The monoisotopic (exact) mass is 380 g/mol. The first-order valence-corrected chi connectivity index (χ1v) is 10.0. The largest absolute Gasteiger partial charge is 0.366 e. The summed E-state index contributed by atoms with van der Waals surface area (Å²) in [6.07, 6.45) is 2.00. The van der Waals surface area contributed by atoms with E-state index in [0.717, 1.165) is 6.42 Å². The predicted octanol–water partition coefficient (Wildman–Crippen LogP) is 1.89. The summed E-state index contributed by atoms with van der Waals surface area (Å²) in [5, 5.41) is 0.679. The molecule has 2 unspecified atom stereocenters. The van der Waals surface area contributed by atoms with Gasteiger partial charge in [-0.3, -0.25) is 8.98 Å². The highest BCUT2D eigenvalue weighted by Crippen LogP contribution is 2.64. The third-order valence-corrected chi connectivity index (χ3v) is 7.79. The van der Waals surface area contributed by atoms with Gasteiger partial charge in [0.1, 0.15) is 11.9 Å². The van der Waals surface area contributed by atoms with Gasteiger partial charge in [-0.25, -0.2) is 0 Å². The van der Waals surface area contributed by atoms with Crippen molar-refractivity contribution in [2.75, 3.05) is 17.7 Å².